The van der Waals surface area contributed by atoms with Crippen molar-refractivity contribution in [3.63, 3.8) is 0 Å². The minimum absolute atomic E-state index is 0.0819. The van der Waals surface area contributed by atoms with Gasteiger partial charge in [0, 0.05) is 36.8 Å². The number of hydrogen-bond donors (Lipinski definition) is 0. The van der Waals surface area contributed by atoms with Crippen LogP contribution in [0.25, 0.3) is 0 Å². The molecule has 0 unspecified atom stereocenters. The van der Waals surface area contributed by atoms with Crippen molar-refractivity contribution in [2.75, 3.05) is 19.6 Å². The first-order chi connectivity index (χ1) is 10.0. The largest absolute Gasteiger partial charge is 0.338 e. The van der Waals surface area contributed by atoms with Crippen LogP contribution in [0.2, 0.25) is 0 Å². The maximum atomic E-state index is 12.6. The molecule has 0 saturated carbocycles. The van der Waals surface area contributed by atoms with E-state index in [0.717, 1.165) is 50.4 Å². The van der Waals surface area contributed by atoms with Gasteiger partial charge in [-0.15, -0.1) is 11.3 Å². The molecule has 0 radical (unpaired) electrons. The van der Waals surface area contributed by atoms with Gasteiger partial charge in [-0.1, -0.05) is 6.92 Å². The number of rotatable bonds is 4. The summed E-state index contributed by atoms with van der Waals surface area (Å²) in [5.74, 6) is 0.391. The molecule has 0 N–H and O–H groups in total. The van der Waals surface area contributed by atoms with E-state index in [-0.39, 0.29) is 5.41 Å². The highest BCUT2D eigenvalue weighted by atomic mass is 32.1. The Morgan fingerprint density at radius 3 is 2.90 bits per heavy atom. The van der Waals surface area contributed by atoms with Crippen LogP contribution in [0.1, 0.15) is 43.0 Å². The lowest BCUT2D eigenvalue weighted by Crippen LogP contribution is -2.68. The second-order valence-corrected chi connectivity index (χ2v) is 7.95. The fourth-order valence-electron chi connectivity index (χ4n) is 3.62. The maximum Gasteiger partial charge on any atom is 0.232 e. The lowest BCUT2D eigenvalue weighted by molar-refractivity contribution is -0.170. The van der Waals surface area contributed by atoms with E-state index in [4.69, 9.17) is 0 Å². The highest BCUT2D eigenvalue weighted by Gasteiger charge is 2.54. The van der Waals surface area contributed by atoms with Gasteiger partial charge < -0.3 is 4.90 Å². The molecule has 4 nitrogen and oxygen atoms in total. The Kier molecular flexibility index (Phi) is 4.06. The standard InChI is InChI=1S/C16H25N3OS/c1-4-12(2)19-11-16(15(19)20)6-5-7-18(10-16)9-14-8-17-13(3)21-14/h8,12H,4-7,9-11H2,1-3H3/t12-,16-/m1/s1. The molecule has 0 aromatic carbocycles. The van der Waals surface area contributed by atoms with E-state index >= 15 is 0 Å². The number of carbonyl (C=O) groups excluding carboxylic acids is 1. The number of amides is 1. The average molecular weight is 307 g/mol. The molecule has 2 atom stereocenters. The molecule has 1 spiro atoms. The van der Waals surface area contributed by atoms with E-state index in [9.17, 15) is 4.79 Å². The van der Waals surface area contributed by atoms with Gasteiger partial charge in [-0.2, -0.15) is 0 Å². The van der Waals surface area contributed by atoms with Crippen molar-refractivity contribution in [1.29, 1.82) is 0 Å². The van der Waals surface area contributed by atoms with Crippen LogP contribution in [-0.4, -0.2) is 46.4 Å². The molecule has 21 heavy (non-hydrogen) atoms. The van der Waals surface area contributed by atoms with Gasteiger partial charge in [-0.25, -0.2) is 4.98 Å². The van der Waals surface area contributed by atoms with Crippen LogP contribution in [-0.2, 0) is 11.3 Å². The van der Waals surface area contributed by atoms with E-state index in [1.54, 1.807) is 11.3 Å². The quantitative estimate of drug-likeness (QED) is 0.803. The van der Waals surface area contributed by atoms with E-state index in [1.807, 2.05) is 13.1 Å². The summed E-state index contributed by atoms with van der Waals surface area (Å²) in [6.45, 7) is 10.3. The van der Waals surface area contributed by atoms with E-state index in [1.165, 1.54) is 4.88 Å². The summed E-state index contributed by atoms with van der Waals surface area (Å²) in [6.07, 6.45) is 5.23. The summed E-state index contributed by atoms with van der Waals surface area (Å²) >= 11 is 1.77. The Labute approximate surface area is 131 Å². The van der Waals surface area contributed by atoms with Crippen molar-refractivity contribution in [3.8, 4) is 0 Å². The maximum absolute atomic E-state index is 12.6. The monoisotopic (exact) mass is 307 g/mol. The number of aromatic nitrogens is 1. The first-order valence-corrected chi connectivity index (χ1v) is 8.80. The zero-order chi connectivity index (χ0) is 15.0. The molecule has 2 fully saturated rings. The van der Waals surface area contributed by atoms with Crippen molar-refractivity contribution in [3.05, 3.63) is 16.1 Å². The highest BCUT2D eigenvalue weighted by Crippen LogP contribution is 2.42. The van der Waals surface area contributed by atoms with Crippen molar-refractivity contribution < 1.29 is 4.79 Å². The van der Waals surface area contributed by atoms with Crippen LogP contribution in [0.4, 0.5) is 0 Å². The predicted octanol–water partition coefficient (Wildman–Crippen LogP) is 2.67. The predicted molar refractivity (Wildman–Crippen MR) is 85.3 cm³/mol. The smallest absolute Gasteiger partial charge is 0.232 e. The van der Waals surface area contributed by atoms with Gasteiger partial charge in [0.2, 0.25) is 5.91 Å². The van der Waals surface area contributed by atoms with Gasteiger partial charge in [-0.3, -0.25) is 9.69 Å². The minimum atomic E-state index is -0.0819. The lowest BCUT2D eigenvalue weighted by atomic mass is 9.71. The minimum Gasteiger partial charge on any atom is -0.338 e. The zero-order valence-corrected chi connectivity index (χ0v) is 14.1. The molecule has 1 aromatic rings. The summed E-state index contributed by atoms with van der Waals surface area (Å²) in [4.78, 5) is 22.8. The Hall–Kier alpha value is -0.940. The summed E-state index contributed by atoms with van der Waals surface area (Å²) in [5.41, 5.74) is -0.0819. The molecular formula is C16H25N3OS. The van der Waals surface area contributed by atoms with Crippen molar-refractivity contribution in [1.82, 2.24) is 14.8 Å². The molecule has 2 aliphatic rings. The van der Waals surface area contributed by atoms with Crippen molar-refractivity contribution in [2.24, 2.45) is 5.41 Å². The third-order valence-electron chi connectivity index (χ3n) is 5.01. The second kappa shape index (κ2) is 5.69. The van der Waals surface area contributed by atoms with Crippen LogP contribution < -0.4 is 0 Å². The topological polar surface area (TPSA) is 36.4 Å². The van der Waals surface area contributed by atoms with E-state index in [2.05, 4.69) is 28.6 Å². The summed E-state index contributed by atoms with van der Waals surface area (Å²) in [6, 6.07) is 0.391. The van der Waals surface area contributed by atoms with Crippen LogP contribution in [0, 0.1) is 12.3 Å². The molecule has 116 valence electrons. The van der Waals surface area contributed by atoms with Gasteiger partial charge in [0.1, 0.15) is 0 Å². The van der Waals surface area contributed by atoms with Gasteiger partial charge in [0.15, 0.2) is 0 Å². The van der Waals surface area contributed by atoms with Crippen molar-refractivity contribution in [2.45, 2.75) is 52.6 Å². The summed E-state index contributed by atoms with van der Waals surface area (Å²) in [5, 5.41) is 1.12. The van der Waals surface area contributed by atoms with Gasteiger partial charge >= 0.3 is 0 Å². The molecule has 1 amide bonds. The number of hydrogen-bond acceptors (Lipinski definition) is 4. The van der Waals surface area contributed by atoms with Crippen LogP contribution >= 0.6 is 11.3 Å². The number of nitrogens with zero attached hydrogens (tertiary/aromatic N) is 3. The van der Waals surface area contributed by atoms with E-state index in [0.29, 0.717) is 11.9 Å². The van der Waals surface area contributed by atoms with Gasteiger partial charge in [0.05, 0.1) is 10.4 Å². The fraction of sp³-hybridized carbons (Fsp3) is 0.750. The van der Waals surface area contributed by atoms with Crippen LogP contribution in [0.5, 0.6) is 0 Å². The Balaban J connectivity index is 1.63. The SMILES string of the molecule is CC[C@@H](C)N1C[C@]2(CCCN(Cc3cnc(C)s3)C2)C1=O. The number of likely N-dealkylation sites (tertiary alicyclic amines) is 2. The van der Waals surface area contributed by atoms with Gasteiger partial charge in [0.25, 0.3) is 0 Å². The van der Waals surface area contributed by atoms with Crippen LogP contribution in [0.3, 0.4) is 0 Å². The number of carbonyl (C=O) groups is 1. The first-order valence-electron chi connectivity index (χ1n) is 7.99. The van der Waals surface area contributed by atoms with Crippen molar-refractivity contribution >= 4 is 17.2 Å². The lowest BCUT2D eigenvalue weighted by Gasteiger charge is -2.55. The normalized spacial score (nSPS) is 28.0. The molecule has 0 bridgehead atoms. The molecule has 5 heteroatoms. The Morgan fingerprint density at radius 1 is 1.48 bits per heavy atom. The molecule has 2 aliphatic heterocycles. The van der Waals surface area contributed by atoms with Gasteiger partial charge in [-0.05, 0) is 39.7 Å². The molecule has 1 aromatic heterocycles. The molecule has 3 heterocycles. The van der Waals surface area contributed by atoms with E-state index < -0.39 is 0 Å². The Morgan fingerprint density at radius 2 is 2.29 bits per heavy atom. The second-order valence-electron chi connectivity index (χ2n) is 6.63. The number of aryl methyl sites for hydroxylation is 1. The third-order valence-corrected chi connectivity index (χ3v) is 5.91. The zero-order valence-electron chi connectivity index (χ0n) is 13.3. The Bertz CT molecular complexity index is 529. The summed E-state index contributed by atoms with van der Waals surface area (Å²) < 4.78 is 0. The fourth-order valence-corrected chi connectivity index (χ4v) is 4.46. The number of thiazole rings is 1. The molecular weight excluding hydrogens is 282 g/mol. The number of piperidine rings is 1. The molecule has 0 aliphatic carbocycles. The highest BCUT2D eigenvalue weighted by molar-refractivity contribution is 7.11. The molecule has 2 saturated heterocycles. The average Bonchev–Trinajstić information content (AvgIpc) is 2.89. The first kappa shape index (κ1) is 15.0. The molecule has 3 rings (SSSR count). The summed E-state index contributed by atoms with van der Waals surface area (Å²) in [7, 11) is 0. The third kappa shape index (κ3) is 2.73. The number of β-lactam (4-membered cyclic amide) rings is 1. The van der Waals surface area contributed by atoms with Crippen LogP contribution in [0.15, 0.2) is 6.20 Å².